The molecule has 0 saturated heterocycles. The molecule has 8 nitrogen and oxygen atoms in total. The van der Waals surface area contributed by atoms with Crippen molar-refractivity contribution in [2.45, 2.75) is 65.1 Å². The van der Waals surface area contributed by atoms with Gasteiger partial charge in [0.15, 0.2) is 14.2 Å². The van der Waals surface area contributed by atoms with Crippen molar-refractivity contribution in [1.29, 1.82) is 0 Å². The molecule has 33 heavy (non-hydrogen) atoms. The molecule has 0 aliphatic carbocycles. The first-order valence-corrected chi connectivity index (χ1v) is 11.6. The molecule has 12 heteroatoms. The molecule has 0 amide bonds. The summed E-state index contributed by atoms with van der Waals surface area (Å²) in [5.74, 6) is -0.296. The number of carbonyl (C=O) groups is 1. The average Bonchev–Trinajstić information content (AvgIpc) is 3.12. The lowest BCUT2D eigenvalue weighted by Crippen LogP contribution is -2.33. The van der Waals surface area contributed by atoms with Gasteiger partial charge in [0.05, 0.1) is 13.2 Å². The molecule has 1 aromatic carbocycles. The molecule has 0 aliphatic rings. The van der Waals surface area contributed by atoms with Crippen LogP contribution in [-0.2, 0) is 31.4 Å². The average molecular weight is 492 g/mol. The van der Waals surface area contributed by atoms with E-state index in [-0.39, 0.29) is 24.5 Å². The molecule has 0 spiro atoms. The van der Waals surface area contributed by atoms with Crippen LogP contribution in [0.1, 0.15) is 51.9 Å². The van der Waals surface area contributed by atoms with Crippen LogP contribution in [-0.4, -0.2) is 46.9 Å². The molecule has 1 heterocycles. The molecular weight excluding hydrogens is 464 g/mol. The van der Waals surface area contributed by atoms with Gasteiger partial charge in [-0.3, -0.25) is 4.79 Å². The van der Waals surface area contributed by atoms with Crippen molar-refractivity contribution in [1.82, 2.24) is 10.1 Å². The van der Waals surface area contributed by atoms with Gasteiger partial charge in [-0.2, -0.15) is 4.98 Å². The highest BCUT2D eigenvalue weighted by atomic mass is 31.2. The molecule has 1 atom stereocenters. The number of nitrogens with zero attached hydrogens (tertiary/aromatic N) is 2. The van der Waals surface area contributed by atoms with Gasteiger partial charge in [0.1, 0.15) is 17.0 Å². The van der Waals surface area contributed by atoms with Gasteiger partial charge >= 0.3 is 12.3 Å². The summed E-state index contributed by atoms with van der Waals surface area (Å²) < 4.78 is 62.9. The molecule has 184 valence electrons. The van der Waals surface area contributed by atoms with Crippen LogP contribution in [0.2, 0.25) is 0 Å². The second kappa shape index (κ2) is 11.8. The monoisotopic (exact) mass is 492 g/mol. The fourth-order valence-electron chi connectivity index (χ4n) is 2.69. The van der Waals surface area contributed by atoms with Gasteiger partial charge in [0.25, 0.3) is 0 Å². The number of aromatic nitrogens is 2. The number of hydrogen-bond acceptors (Lipinski definition) is 8. The van der Waals surface area contributed by atoms with Gasteiger partial charge in [-0.1, -0.05) is 17.3 Å². The molecule has 2 rings (SSSR count). The first-order valence-electron chi connectivity index (χ1n) is 10.3. The number of carbonyl (C=O) groups excluding carboxylic acids is 1. The Morgan fingerprint density at radius 3 is 2.21 bits per heavy atom. The van der Waals surface area contributed by atoms with Crippen molar-refractivity contribution in [3.8, 4) is 5.75 Å². The number of halogens is 3. The molecule has 2 aromatic rings. The predicted octanol–water partition coefficient (Wildman–Crippen LogP) is 5.20. The van der Waals surface area contributed by atoms with E-state index >= 15 is 0 Å². The lowest BCUT2D eigenvalue weighted by Gasteiger charge is -2.27. The van der Waals surface area contributed by atoms with Crippen LogP contribution >= 0.6 is 8.38 Å². The number of hydrogen-bond donors (Lipinski definition) is 0. The summed E-state index contributed by atoms with van der Waals surface area (Å²) in [4.78, 5) is 17.1. The zero-order valence-electron chi connectivity index (χ0n) is 19.1. The van der Waals surface area contributed by atoms with Crippen LogP contribution in [0.4, 0.5) is 13.2 Å². The Labute approximate surface area is 191 Å². The third kappa shape index (κ3) is 9.65. The van der Waals surface area contributed by atoms with Crippen LogP contribution in [0.5, 0.6) is 5.75 Å². The van der Waals surface area contributed by atoms with Crippen LogP contribution in [0.3, 0.4) is 0 Å². The van der Waals surface area contributed by atoms with Crippen LogP contribution < -0.4 is 4.74 Å². The molecule has 0 saturated carbocycles. The van der Waals surface area contributed by atoms with E-state index in [9.17, 15) is 18.0 Å². The Balaban J connectivity index is 2.12. The van der Waals surface area contributed by atoms with Crippen LogP contribution in [0, 0.1) is 0 Å². The number of alkyl halides is 3. The Bertz CT molecular complexity index is 877. The maximum Gasteiger partial charge on any atom is 0.573 e. The van der Waals surface area contributed by atoms with Crippen molar-refractivity contribution >= 4 is 14.3 Å². The van der Waals surface area contributed by atoms with Crippen LogP contribution in [0.25, 0.3) is 0 Å². The highest BCUT2D eigenvalue weighted by Gasteiger charge is 2.36. The van der Waals surface area contributed by atoms with Crippen molar-refractivity contribution in [2.24, 2.45) is 0 Å². The fraction of sp³-hybridized carbons (Fsp3) is 0.571. The van der Waals surface area contributed by atoms with E-state index < -0.39 is 32.0 Å². The molecule has 1 aromatic heterocycles. The number of esters is 1. The Morgan fingerprint density at radius 2 is 1.70 bits per heavy atom. The first-order chi connectivity index (χ1) is 15.4. The second-order valence-corrected chi connectivity index (χ2v) is 9.56. The van der Waals surface area contributed by atoms with E-state index in [4.69, 9.17) is 18.3 Å². The molecule has 0 aliphatic heterocycles. The lowest BCUT2D eigenvalue weighted by atomic mass is 10.1. The summed E-state index contributed by atoms with van der Waals surface area (Å²) >= 11 is 0. The quantitative estimate of drug-likeness (QED) is 0.312. The normalized spacial score (nSPS) is 13.2. The summed E-state index contributed by atoms with van der Waals surface area (Å²) in [7, 11) is -1.60. The minimum absolute atomic E-state index is 0.0615. The molecule has 0 radical (unpaired) electrons. The molecule has 1 unspecified atom stereocenters. The summed E-state index contributed by atoms with van der Waals surface area (Å²) in [6.07, 6.45) is -4.47. The van der Waals surface area contributed by atoms with E-state index in [1.165, 1.54) is 24.3 Å². The third-order valence-corrected chi connectivity index (χ3v) is 5.77. The minimum atomic E-state index is -4.75. The summed E-state index contributed by atoms with van der Waals surface area (Å²) in [6, 6.07) is 5.37. The highest BCUT2D eigenvalue weighted by Crippen LogP contribution is 2.46. The second-order valence-electron chi connectivity index (χ2n) is 7.85. The maximum atomic E-state index is 12.8. The minimum Gasteiger partial charge on any atom is -0.459 e. The zero-order chi connectivity index (χ0) is 24.6. The van der Waals surface area contributed by atoms with Crippen molar-refractivity contribution in [3.05, 3.63) is 41.5 Å². The van der Waals surface area contributed by atoms with Gasteiger partial charge in [-0.25, -0.2) is 0 Å². The SMILES string of the molecule is CCOP(OCC)C(Cc1nc(Cc2ccc(OC(F)(F)F)cc2)no1)C(=O)OC(C)(C)C. The predicted molar refractivity (Wildman–Crippen MR) is 114 cm³/mol. The van der Waals surface area contributed by atoms with E-state index in [1.54, 1.807) is 34.6 Å². The Kier molecular flexibility index (Phi) is 9.63. The van der Waals surface area contributed by atoms with Gasteiger partial charge in [0, 0.05) is 12.8 Å². The van der Waals surface area contributed by atoms with Crippen molar-refractivity contribution in [3.63, 3.8) is 0 Å². The van der Waals surface area contributed by atoms with E-state index in [2.05, 4.69) is 14.9 Å². The highest BCUT2D eigenvalue weighted by molar-refractivity contribution is 7.49. The zero-order valence-corrected chi connectivity index (χ0v) is 20.0. The Morgan fingerprint density at radius 1 is 1.09 bits per heavy atom. The largest absolute Gasteiger partial charge is 0.573 e. The number of rotatable bonds is 11. The van der Waals surface area contributed by atoms with Crippen molar-refractivity contribution < 1.29 is 41.0 Å². The fourth-order valence-corrected chi connectivity index (χ4v) is 4.16. The molecule has 0 fully saturated rings. The van der Waals surface area contributed by atoms with E-state index in [1.807, 2.05) is 0 Å². The smallest absolute Gasteiger partial charge is 0.459 e. The first kappa shape index (κ1) is 27.0. The molecule has 0 bridgehead atoms. The number of ether oxygens (including phenoxy) is 2. The Hall–Kier alpha value is -2.23. The van der Waals surface area contributed by atoms with Crippen LogP contribution in [0.15, 0.2) is 28.8 Å². The summed E-state index contributed by atoms with van der Waals surface area (Å²) in [6.45, 7) is 9.61. The van der Waals surface area contributed by atoms with Gasteiger partial charge in [-0.15, -0.1) is 13.2 Å². The van der Waals surface area contributed by atoms with Gasteiger partial charge in [-0.05, 0) is 52.3 Å². The third-order valence-electron chi connectivity index (χ3n) is 3.84. The molecular formula is C21H28F3N2O6P. The summed E-state index contributed by atoms with van der Waals surface area (Å²) in [5, 5.41) is 3.91. The van der Waals surface area contributed by atoms with E-state index in [0.29, 0.717) is 24.6 Å². The molecule has 0 N–H and O–H groups in total. The number of benzene rings is 1. The maximum absolute atomic E-state index is 12.8. The van der Waals surface area contributed by atoms with Crippen molar-refractivity contribution in [2.75, 3.05) is 13.2 Å². The van der Waals surface area contributed by atoms with E-state index in [0.717, 1.165) is 0 Å². The topological polar surface area (TPSA) is 92.9 Å². The summed E-state index contributed by atoms with van der Waals surface area (Å²) in [5.41, 5.74) is -0.811. The standard InChI is InChI=1S/C21H28F3N2O6P/c1-6-28-33(29-7-2)16(19(27)31-20(3,4)5)13-18-25-17(26-32-18)12-14-8-10-15(11-9-14)30-21(22,23)24/h8-11,16H,6-7,12-13H2,1-5H3. The van der Waals surface area contributed by atoms with Gasteiger partial charge < -0.3 is 23.0 Å². The van der Waals surface area contributed by atoms with Gasteiger partial charge in [0.2, 0.25) is 5.89 Å². The lowest BCUT2D eigenvalue weighted by molar-refractivity contribution is -0.274.